The Kier molecular flexibility index (Phi) is 8.22. The third-order valence-electron chi connectivity index (χ3n) is 6.55. The number of nitrogens with zero attached hydrogens (tertiary/aromatic N) is 5. The molecule has 3 aromatic rings. The molecule has 1 aromatic carbocycles. The number of carbonyl (C=O) groups excluding carboxylic acids is 3. The molecule has 204 valence electrons. The van der Waals surface area contributed by atoms with Gasteiger partial charge in [-0.15, -0.1) is 10.2 Å². The van der Waals surface area contributed by atoms with E-state index in [0.717, 1.165) is 23.3 Å². The summed E-state index contributed by atoms with van der Waals surface area (Å²) in [6.07, 6.45) is 1.81. The molecule has 1 fully saturated rings. The molecule has 12 heteroatoms. The van der Waals surface area contributed by atoms with Crippen molar-refractivity contribution in [2.75, 3.05) is 19.8 Å². The highest BCUT2D eigenvalue weighted by molar-refractivity contribution is 6.11. The molecule has 0 saturated carbocycles. The number of esters is 1. The lowest BCUT2D eigenvalue weighted by molar-refractivity contribution is -0.133. The van der Waals surface area contributed by atoms with Crippen molar-refractivity contribution in [3.8, 4) is 0 Å². The second-order valence-corrected chi connectivity index (χ2v) is 10.4. The number of ether oxygens (including phenoxy) is 2. The Balaban J connectivity index is 1.69. The van der Waals surface area contributed by atoms with Crippen LogP contribution >= 0.6 is 0 Å². The summed E-state index contributed by atoms with van der Waals surface area (Å²) < 4.78 is 17.6. The van der Waals surface area contributed by atoms with Gasteiger partial charge in [0.25, 0.3) is 5.91 Å². The Morgan fingerprint density at radius 3 is 2.58 bits per heavy atom. The molecule has 2 aromatic heterocycles. The third kappa shape index (κ3) is 5.91. The van der Waals surface area contributed by atoms with Gasteiger partial charge < -0.3 is 19.6 Å². The number of hydrogen-bond acceptors (Lipinski definition) is 10. The van der Waals surface area contributed by atoms with Gasteiger partial charge in [-0.25, -0.2) is 4.79 Å². The molecule has 1 atom stereocenters. The van der Waals surface area contributed by atoms with E-state index in [-0.39, 0.29) is 30.6 Å². The Bertz CT molecular complexity index is 1300. The lowest BCUT2D eigenvalue weighted by Gasteiger charge is -2.30. The maximum absolute atomic E-state index is 14.0. The zero-order chi connectivity index (χ0) is 27.4. The molecule has 1 aliphatic rings. The van der Waals surface area contributed by atoms with Gasteiger partial charge in [0, 0.05) is 25.1 Å². The molecule has 1 aliphatic heterocycles. The molecule has 0 radical (unpaired) electrons. The summed E-state index contributed by atoms with van der Waals surface area (Å²) >= 11 is 0. The summed E-state index contributed by atoms with van der Waals surface area (Å²) in [4.78, 5) is 40.5. The van der Waals surface area contributed by atoms with Crippen molar-refractivity contribution in [2.24, 2.45) is 17.1 Å². The SMILES string of the molecule is CCOC(=O)c1nnc(CN(C(=O)c2nn(CC3CCOCC3)c3ccccc23)C(=O)[C@@H](N)C(C)(C)C)o1. The van der Waals surface area contributed by atoms with Crippen molar-refractivity contribution in [1.82, 2.24) is 24.9 Å². The van der Waals surface area contributed by atoms with Crippen molar-refractivity contribution in [1.29, 1.82) is 0 Å². The van der Waals surface area contributed by atoms with Crippen molar-refractivity contribution in [3.05, 3.63) is 41.7 Å². The fourth-order valence-corrected chi connectivity index (χ4v) is 4.24. The van der Waals surface area contributed by atoms with E-state index in [1.54, 1.807) is 13.0 Å². The maximum Gasteiger partial charge on any atom is 0.396 e. The standard InChI is InChI=1S/C26H34N6O6/c1-5-37-25(35)22-29-28-19(38-22)15-31(24(34)21(27)26(2,3)4)23(33)20-17-8-6-7-9-18(17)32(30-20)14-16-10-12-36-13-11-16/h6-9,16,21H,5,10-15,27H2,1-4H3/t21-/m1/s1. The van der Waals surface area contributed by atoms with E-state index in [0.29, 0.717) is 31.1 Å². The summed E-state index contributed by atoms with van der Waals surface area (Å²) in [5.74, 6) is -2.18. The quantitative estimate of drug-likeness (QED) is 0.433. The molecule has 0 bridgehead atoms. The van der Waals surface area contributed by atoms with Crippen molar-refractivity contribution in [2.45, 2.75) is 59.7 Å². The van der Waals surface area contributed by atoms with Gasteiger partial charge in [-0.1, -0.05) is 39.0 Å². The highest BCUT2D eigenvalue weighted by Crippen LogP contribution is 2.26. The summed E-state index contributed by atoms with van der Waals surface area (Å²) in [5, 5.41) is 12.8. The monoisotopic (exact) mass is 526 g/mol. The summed E-state index contributed by atoms with van der Waals surface area (Å²) in [6.45, 7) is 8.83. The number of fused-ring (bicyclic) bond motifs is 1. The zero-order valence-corrected chi connectivity index (χ0v) is 22.2. The second kappa shape index (κ2) is 11.4. The van der Waals surface area contributed by atoms with Crippen LogP contribution in [0.4, 0.5) is 0 Å². The number of aromatic nitrogens is 4. The number of nitrogens with two attached hydrogens (primary N) is 1. The minimum atomic E-state index is -1.01. The summed E-state index contributed by atoms with van der Waals surface area (Å²) in [6, 6.07) is 6.39. The Morgan fingerprint density at radius 1 is 1.18 bits per heavy atom. The smallest absolute Gasteiger partial charge is 0.396 e. The molecule has 4 rings (SSSR count). The first-order chi connectivity index (χ1) is 18.1. The third-order valence-corrected chi connectivity index (χ3v) is 6.55. The van der Waals surface area contributed by atoms with Crippen LogP contribution in [0.15, 0.2) is 28.7 Å². The van der Waals surface area contributed by atoms with Crippen LogP contribution in [-0.4, -0.2) is 68.5 Å². The van der Waals surface area contributed by atoms with Crippen molar-refractivity contribution < 1.29 is 28.3 Å². The lowest BCUT2D eigenvalue weighted by Crippen LogP contribution is -2.52. The number of para-hydroxylation sites is 1. The average Bonchev–Trinajstić information content (AvgIpc) is 3.52. The Morgan fingerprint density at radius 2 is 1.89 bits per heavy atom. The average molecular weight is 527 g/mol. The molecule has 2 amide bonds. The second-order valence-electron chi connectivity index (χ2n) is 10.4. The van der Waals surface area contributed by atoms with Gasteiger partial charge in [0.15, 0.2) is 5.69 Å². The largest absolute Gasteiger partial charge is 0.459 e. The number of hydrogen-bond donors (Lipinski definition) is 1. The topological polar surface area (TPSA) is 156 Å². The number of carbonyl (C=O) groups is 3. The summed E-state index contributed by atoms with van der Waals surface area (Å²) in [7, 11) is 0. The number of rotatable bonds is 8. The molecule has 3 heterocycles. The van der Waals surface area contributed by atoms with Crippen molar-refractivity contribution in [3.63, 3.8) is 0 Å². The highest BCUT2D eigenvalue weighted by Gasteiger charge is 2.37. The number of imide groups is 1. The van der Waals surface area contributed by atoms with E-state index >= 15 is 0 Å². The van der Waals surface area contributed by atoms with E-state index in [1.165, 1.54) is 0 Å². The Hall–Kier alpha value is -3.64. The molecule has 0 aliphatic carbocycles. The van der Waals surface area contributed by atoms with Crippen LogP contribution in [0.5, 0.6) is 0 Å². The van der Waals surface area contributed by atoms with Gasteiger partial charge in [0.1, 0.15) is 6.54 Å². The van der Waals surface area contributed by atoms with E-state index in [1.807, 2.05) is 43.7 Å². The molecule has 0 unspecified atom stereocenters. The number of amides is 2. The molecule has 38 heavy (non-hydrogen) atoms. The first-order valence-corrected chi connectivity index (χ1v) is 12.7. The predicted octanol–water partition coefficient (Wildman–Crippen LogP) is 2.56. The minimum absolute atomic E-state index is 0.109. The predicted molar refractivity (Wildman–Crippen MR) is 136 cm³/mol. The van der Waals surface area contributed by atoms with Gasteiger partial charge in [-0.05, 0) is 37.2 Å². The normalized spacial score (nSPS) is 15.4. The summed E-state index contributed by atoms with van der Waals surface area (Å²) in [5.41, 5.74) is 6.55. The van der Waals surface area contributed by atoms with Crippen LogP contribution in [0.1, 0.15) is 67.6 Å². The van der Waals surface area contributed by atoms with E-state index in [9.17, 15) is 14.4 Å². The molecular formula is C26H34N6O6. The van der Waals surface area contributed by atoms with Crippen LogP contribution in [0.2, 0.25) is 0 Å². The molecule has 2 N–H and O–H groups in total. The van der Waals surface area contributed by atoms with Crippen LogP contribution in [0, 0.1) is 11.3 Å². The number of benzene rings is 1. The zero-order valence-electron chi connectivity index (χ0n) is 22.2. The van der Waals surface area contributed by atoms with Gasteiger partial charge in [0.05, 0.1) is 18.2 Å². The van der Waals surface area contributed by atoms with Crippen molar-refractivity contribution >= 4 is 28.7 Å². The maximum atomic E-state index is 14.0. The fourth-order valence-electron chi connectivity index (χ4n) is 4.24. The first-order valence-electron chi connectivity index (χ1n) is 12.7. The highest BCUT2D eigenvalue weighted by atomic mass is 16.5. The van der Waals surface area contributed by atoms with Crippen LogP contribution in [-0.2, 0) is 27.4 Å². The van der Waals surface area contributed by atoms with Gasteiger partial charge >= 0.3 is 11.9 Å². The first kappa shape index (κ1) is 27.4. The molecule has 1 saturated heterocycles. The fraction of sp³-hybridized carbons (Fsp3) is 0.538. The van der Waals surface area contributed by atoms with Gasteiger partial charge in [-0.3, -0.25) is 19.2 Å². The van der Waals surface area contributed by atoms with Crippen LogP contribution in [0.3, 0.4) is 0 Å². The minimum Gasteiger partial charge on any atom is -0.459 e. The van der Waals surface area contributed by atoms with Crippen LogP contribution in [0.25, 0.3) is 10.9 Å². The van der Waals surface area contributed by atoms with E-state index < -0.39 is 29.2 Å². The van der Waals surface area contributed by atoms with Crippen LogP contribution < -0.4 is 5.73 Å². The molecular weight excluding hydrogens is 492 g/mol. The van der Waals surface area contributed by atoms with E-state index in [4.69, 9.17) is 19.6 Å². The lowest BCUT2D eigenvalue weighted by atomic mass is 9.86. The molecule has 12 nitrogen and oxygen atoms in total. The van der Waals surface area contributed by atoms with Gasteiger partial charge in [-0.2, -0.15) is 5.10 Å². The van der Waals surface area contributed by atoms with Gasteiger partial charge in [0.2, 0.25) is 11.8 Å². The molecule has 0 spiro atoms. The van der Waals surface area contributed by atoms with E-state index in [2.05, 4.69) is 15.3 Å². The Labute approximate surface area is 220 Å².